The number of nitrogens with one attached hydrogen (secondary N) is 2. The second-order valence-electron chi connectivity index (χ2n) is 7.40. The summed E-state index contributed by atoms with van der Waals surface area (Å²) < 4.78 is 0. The molecule has 0 radical (unpaired) electrons. The lowest BCUT2D eigenvalue weighted by Crippen LogP contribution is -2.27. The van der Waals surface area contributed by atoms with E-state index < -0.39 is 5.91 Å². The van der Waals surface area contributed by atoms with E-state index in [1.54, 1.807) is 42.5 Å². The third-order valence-electron chi connectivity index (χ3n) is 5.21. The second kappa shape index (κ2) is 9.43. The number of rotatable bonds is 5. The molecule has 2 N–H and O–H groups in total. The van der Waals surface area contributed by atoms with Gasteiger partial charge in [-0.2, -0.15) is 0 Å². The van der Waals surface area contributed by atoms with Gasteiger partial charge in [-0.3, -0.25) is 9.59 Å². The normalized spacial score (nSPS) is 11.7. The fourth-order valence-corrected chi connectivity index (χ4v) is 4.20. The standard InChI is InChI=1S/C26H20Cl2N2O2/c1-16(20-12-5-8-17-7-2-3-11-21(17)20)29-25(31)18-9-4-10-19(15-18)30-26(32)24-22(27)13-6-14-23(24)28/h2-16H,1H3,(H,29,31)(H,30,32)/t16-/m1/s1. The maximum Gasteiger partial charge on any atom is 0.258 e. The molecule has 4 aromatic carbocycles. The highest BCUT2D eigenvalue weighted by Gasteiger charge is 2.17. The molecule has 0 aliphatic heterocycles. The van der Waals surface area contributed by atoms with E-state index in [9.17, 15) is 9.59 Å². The molecule has 2 amide bonds. The summed E-state index contributed by atoms with van der Waals surface area (Å²) in [6.45, 7) is 1.95. The SMILES string of the molecule is C[C@@H](NC(=O)c1cccc(NC(=O)c2c(Cl)cccc2Cl)c1)c1cccc2ccccc12. The Bertz CT molecular complexity index is 1290. The number of hydrogen-bond donors (Lipinski definition) is 2. The van der Waals surface area contributed by atoms with Gasteiger partial charge in [0.15, 0.2) is 0 Å². The van der Waals surface area contributed by atoms with Crippen LogP contribution in [0.3, 0.4) is 0 Å². The maximum atomic E-state index is 12.9. The van der Waals surface area contributed by atoms with Crippen molar-refractivity contribution in [2.24, 2.45) is 0 Å². The highest BCUT2D eigenvalue weighted by Crippen LogP contribution is 2.26. The van der Waals surface area contributed by atoms with Crippen LogP contribution < -0.4 is 10.6 Å². The third-order valence-corrected chi connectivity index (χ3v) is 5.84. The highest BCUT2D eigenvalue weighted by atomic mass is 35.5. The van der Waals surface area contributed by atoms with Crippen molar-refractivity contribution in [3.8, 4) is 0 Å². The van der Waals surface area contributed by atoms with Crippen molar-refractivity contribution in [1.29, 1.82) is 0 Å². The van der Waals surface area contributed by atoms with Gasteiger partial charge in [0.1, 0.15) is 0 Å². The number of halogens is 2. The number of carbonyl (C=O) groups is 2. The van der Waals surface area contributed by atoms with Gasteiger partial charge in [-0.1, -0.05) is 77.8 Å². The Hall–Kier alpha value is -3.34. The van der Waals surface area contributed by atoms with Gasteiger partial charge in [0.25, 0.3) is 11.8 Å². The molecule has 1 atom stereocenters. The van der Waals surface area contributed by atoms with Crippen molar-refractivity contribution in [3.05, 3.63) is 112 Å². The Morgan fingerprint density at radius 1 is 0.781 bits per heavy atom. The van der Waals surface area contributed by atoms with Crippen LogP contribution in [0.4, 0.5) is 5.69 Å². The van der Waals surface area contributed by atoms with E-state index in [1.807, 2.05) is 49.4 Å². The molecule has 6 heteroatoms. The lowest BCUT2D eigenvalue weighted by atomic mass is 9.99. The molecular weight excluding hydrogens is 443 g/mol. The molecule has 0 saturated carbocycles. The van der Waals surface area contributed by atoms with E-state index in [2.05, 4.69) is 10.6 Å². The Kier molecular flexibility index (Phi) is 6.45. The first-order valence-electron chi connectivity index (χ1n) is 10.1. The summed E-state index contributed by atoms with van der Waals surface area (Å²) in [7, 11) is 0. The molecule has 0 fully saturated rings. The van der Waals surface area contributed by atoms with Crippen molar-refractivity contribution in [2.75, 3.05) is 5.32 Å². The summed E-state index contributed by atoms with van der Waals surface area (Å²) >= 11 is 12.2. The Balaban J connectivity index is 1.51. The topological polar surface area (TPSA) is 58.2 Å². The zero-order chi connectivity index (χ0) is 22.7. The lowest BCUT2D eigenvalue weighted by molar-refractivity contribution is 0.0939. The summed E-state index contributed by atoms with van der Waals surface area (Å²) in [4.78, 5) is 25.6. The molecule has 4 nitrogen and oxygen atoms in total. The van der Waals surface area contributed by atoms with Crippen LogP contribution in [0.25, 0.3) is 10.8 Å². The van der Waals surface area contributed by atoms with Gasteiger partial charge >= 0.3 is 0 Å². The molecule has 0 heterocycles. The van der Waals surface area contributed by atoms with Crippen molar-refractivity contribution < 1.29 is 9.59 Å². The summed E-state index contributed by atoms with van der Waals surface area (Å²) in [5.41, 5.74) is 2.13. The van der Waals surface area contributed by atoms with Crippen molar-refractivity contribution in [1.82, 2.24) is 5.32 Å². The largest absolute Gasteiger partial charge is 0.345 e. The second-order valence-corrected chi connectivity index (χ2v) is 8.21. The predicted octanol–water partition coefficient (Wildman–Crippen LogP) is 6.89. The molecule has 0 bridgehead atoms. The van der Waals surface area contributed by atoms with Gasteiger partial charge in [-0.05, 0) is 53.6 Å². The highest BCUT2D eigenvalue weighted by molar-refractivity contribution is 6.40. The fourth-order valence-electron chi connectivity index (χ4n) is 3.63. The van der Waals surface area contributed by atoms with E-state index in [0.717, 1.165) is 16.3 Å². The summed E-state index contributed by atoms with van der Waals surface area (Å²) in [6, 6.07) is 25.5. The number of anilines is 1. The molecule has 0 aliphatic carbocycles. The van der Waals surface area contributed by atoms with Crippen LogP contribution in [-0.4, -0.2) is 11.8 Å². The van der Waals surface area contributed by atoms with Crippen molar-refractivity contribution >= 4 is 51.5 Å². The first kappa shape index (κ1) is 21.9. The average molecular weight is 463 g/mol. The van der Waals surface area contributed by atoms with Gasteiger partial charge in [0.2, 0.25) is 0 Å². The first-order valence-corrected chi connectivity index (χ1v) is 10.8. The molecule has 0 aliphatic rings. The van der Waals surface area contributed by atoms with Crippen LogP contribution in [0.5, 0.6) is 0 Å². The molecule has 0 spiro atoms. The maximum absolute atomic E-state index is 12.9. The van der Waals surface area contributed by atoms with Gasteiger partial charge in [-0.15, -0.1) is 0 Å². The molecular formula is C26H20Cl2N2O2. The average Bonchev–Trinajstić information content (AvgIpc) is 2.78. The van der Waals surface area contributed by atoms with Crippen LogP contribution in [0, 0.1) is 0 Å². The molecule has 0 unspecified atom stereocenters. The van der Waals surface area contributed by atoms with E-state index in [4.69, 9.17) is 23.2 Å². The summed E-state index contributed by atoms with van der Waals surface area (Å²) in [5, 5.41) is 8.53. The zero-order valence-corrected chi connectivity index (χ0v) is 18.7. The van der Waals surface area contributed by atoms with Gasteiger partial charge in [-0.25, -0.2) is 0 Å². The summed E-state index contributed by atoms with van der Waals surface area (Å²) in [6.07, 6.45) is 0. The molecule has 4 rings (SSSR count). The lowest BCUT2D eigenvalue weighted by Gasteiger charge is -2.17. The zero-order valence-electron chi connectivity index (χ0n) is 17.2. The number of hydrogen-bond acceptors (Lipinski definition) is 2. The van der Waals surface area contributed by atoms with Crippen LogP contribution in [0.2, 0.25) is 10.0 Å². The monoisotopic (exact) mass is 462 g/mol. The smallest absolute Gasteiger partial charge is 0.258 e. The number of amides is 2. The Morgan fingerprint density at radius 3 is 2.22 bits per heavy atom. The molecule has 4 aromatic rings. The Morgan fingerprint density at radius 2 is 1.44 bits per heavy atom. The number of benzene rings is 4. The minimum atomic E-state index is -0.442. The van der Waals surface area contributed by atoms with E-state index in [-0.39, 0.29) is 27.6 Å². The number of fused-ring (bicyclic) bond motifs is 1. The van der Waals surface area contributed by atoms with Crippen LogP contribution >= 0.6 is 23.2 Å². The molecule has 32 heavy (non-hydrogen) atoms. The minimum absolute atomic E-state index is 0.190. The predicted molar refractivity (Wildman–Crippen MR) is 131 cm³/mol. The van der Waals surface area contributed by atoms with E-state index >= 15 is 0 Å². The van der Waals surface area contributed by atoms with E-state index in [0.29, 0.717) is 11.3 Å². The first-order chi connectivity index (χ1) is 15.4. The minimum Gasteiger partial charge on any atom is -0.345 e. The Labute approximate surface area is 196 Å². The van der Waals surface area contributed by atoms with Crippen LogP contribution in [0.15, 0.2) is 84.9 Å². The van der Waals surface area contributed by atoms with Crippen molar-refractivity contribution in [2.45, 2.75) is 13.0 Å². The quantitative estimate of drug-likeness (QED) is 0.339. The van der Waals surface area contributed by atoms with Gasteiger partial charge < -0.3 is 10.6 Å². The van der Waals surface area contributed by atoms with Crippen LogP contribution in [0.1, 0.15) is 39.2 Å². The number of carbonyl (C=O) groups excluding carboxylic acids is 2. The van der Waals surface area contributed by atoms with Crippen molar-refractivity contribution in [3.63, 3.8) is 0 Å². The molecule has 160 valence electrons. The third kappa shape index (κ3) is 4.62. The summed E-state index contributed by atoms with van der Waals surface area (Å²) in [5.74, 6) is -0.681. The molecule has 0 saturated heterocycles. The van der Waals surface area contributed by atoms with Gasteiger partial charge in [0.05, 0.1) is 21.7 Å². The van der Waals surface area contributed by atoms with E-state index in [1.165, 1.54) is 0 Å². The van der Waals surface area contributed by atoms with Gasteiger partial charge in [0, 0.05) is 11.3 Å². The van der Waals surface area contributed by atoms with Crippen LogP contribution in [-0.2, 0) is 0 Å². The fraction of sp³-hybridized carbons (Fsp3) is 0.0769. The molecule has 0 aromatic heterocycles.